The molecule has 0 fully saturated rings. The first-order valence-corrected chi connectivity index (χ1v) is 14.3. The van der Waals surface area contributed by atoms with E-state index in [0.717, 1.165) is 36.8 Å². The van der Waals surface area contributed by atoms with Gasteiger partial charge in [0.1, 0.15) is 5.75 Å². The Morgan fingerprint density at radius 2 is 1.26 bits per heavy atom. The Kier molecular flexibility index (Phi) is 12.8. The number of rotatable bonds is 17. The molecule has 2 rings (SSSR count). The van der Waals surface area contributed by atoms with E-state index in [4.69, 9.17) is 0 Å². The van der Waals surface area contributed by atoms with Gasteiger partial charge in [-0.15, -0.1) is 0 Å². The van der Waals surface area contributed by atoms with E-state index in [1.165, 1.54) is 75.3 Å². The molecule has 1 nitrogen and oxygen atoms in total. The number of phenolic OH excluding ortho intramolecular Hbond substituents is 1. The maximum atomic E-state index is 11.2. The van der Waals surface area contributed by atoms with E-state index >= 15 is 0 Å². The van der Waals surface area contributed by atoms with Crippen LogP contribution >= 0.6 is 0 Å². The molecule has 0 aliphatic heterocycles. The molecule has 0 radical (unpaired) electrons. The van der Waals surface area contributed by atoms with Crippen molar-refractivity contribution in [3.63, 3.8) is 0 Å². The third-order valence-electron chi connectivity index (χ3n) is 7.76. The highest BCUT2D eigenvalue weighted by Crippen LogP contribution is 2.40. The second-order valence-electron chi connectivity index (χ2n) is 11.0. The molecule has 2 aromatic rings. The Labute approximate surface area is 211 Å². The van der Waals surface area contributed by atoms with Gasteiger partial charge in [0, 0.05) is 5.41 Å². The topological polar surface area (TPSA) is 20.2 Å². The summed E-state index contributed by atoms with van der Waals surface area (Å²) in [5.74, 6) is 0.946. The third-order valence-corrected chi connectivity index (χ3v) is 7.76. The van der Waals surface area contributed by atoms with Crippen molar-refractivity contribution < 1.29 is 5.11 Å². The molecule has 2 aromatic carbocycles. The largest absolute Gasteiger partial charge is 0.507 e. The average molecular weight is 465 g/mol. The number of aromatic hydroxyl groups is 1. The van der Waals surface area contributed by atoms with Gasteiger partial charge in [-0.05, 0) is 47.4 Å². The Morgan fingerprint density at radius 1 is 0.706 bits per heavy atom. The Morgan fingerprint density at radius 3 is 1.85 bits per heavy atom. The van der Waals surface area contributed by atoms with E-state index in [9.17, 15) is 5.11 Å². The van der Waals surface area contributed by atoms with Crippen molar-refractivity contribution in [3.05, 3.63) is 64.7 Å². The molecule has 0 heterocycles. The van der Waals surface area contributed by atoms with Gasteiger partial charge in [0.05, 0.1) is 0 Å². The highest BCUT2D eigenvalue weighted by atomic mass is 16.3. The summed E-state index contributed by atoms with van der Waals surface area (Å²) in [6.07, 6.45) is 18.1. The predicted molar refractivity (Wildman–Crippen MR) is 150 cm³/mol. The second-order valence-corrected chi connectivity index (χ2v) is 11.0. The minimum atomic E-state index is -0.0818. The van der Waals surface area contributed by atoms with Crippen LogP contribution in [0.5, 0.6) is 5.75 Å². The van der Waals surface area contributed by atoms with Crippen LogP contribution < -0.4 is 0 Å². The van der Waals surface area contributed by atoms with Crippen LogP contribution in [0.2, 0.25) is 0 Å². The molecule has 1 atom stereocenters. The zero-order valence-corrected chi connectivity index (χ0v) is 23.0. The van der Waals surface area contributed by atoms with Crippen molar-refractivity contribution in [2.45, 2.75) is 136 Å². The van der Waals surface area contributed by atoms with E-state index in [2.05, 4.69) is 77.1 Å². The fourth-order valence-electron chi connectivity index (χ4n) is 5.13. The monoisotopic (exact) mass is 464 g/mol. The number of hydrogen-bond acceptors (Lipinski definition) is 1. The number of hydrogen-bond donors (Lipinski definition) is 1. The summed E-state index contributed by atoms with van der Waals surface area (Å²) in [6, 6.07) is 15.4. The first-order valence-electron chi connectivity index (χ1n) is 14.3. The highest BCUT2D eigenvalue weighted by Gasteiger charge is 2.26. The predicted octanol–water partition coefficient (Wildman–Crippen LogP) is 10.5. The number of unbranched alkanes of at least 4 members (excludes halogenated alkanes) is 10. The van der Waals surface area contributed by atoms with Crippen LogP contribution in [0.1, 0.15) is 146 Å². The quantitative estimate of drug-likeness (QED) is 0.231. The highest BCUT2D eigenvalue weighted by molar-refractivity contribution is 5.50. The van der Waals surface area contributed by atoms with Crippen molar-refractivity contribution >= 4 is 0 Å². The standard InChI is InChI=1S/C33H52O/c1-6-8-10-11-12-13-14-15-16-18-21-27(3)31-26-30(25-28(32(31)34)22-9-7-2)33(4,5)29-23-19-17-20-24-29/h17,19-20,23-27,34H,6-16,18,21-22H2,1-5H3. The van der Waals surface area contributed by atoms with Crippen LogP contribution in [0.15, 0.2) is 42.5 Å². The summed E-state index contributed by atoms with van der Waals surface area (Å²) in [6.45, 7) is 11.5. The van der Waals surface area contributed by atoms with Gasteiger partial charge >= 0.3 is 0 Å². The summed E-state index contributed by atoms with van der Waals surface area (Å²) in [5, 5.41) is 11.2. The smallest absolute Gasteiger partial charge is 0.122 e. The average Bonchev–Trinajstić information content (AvgIpc) is 2.84. The first-order chi connectivity index (χ1) is 16.4. The number of benzene rings is 2. The van der Waals surface area contributed by atoms with Gasteiger partial charge in [0.15, 0.2) is 0 Å². The van der Waals surface area contributed by atoms with E-state index in [1.807, 2.05) is 0 Å². The van der Waals surface area contributed by atoms with Crippen LogP contribution in [0.4, 0.5) is 0 Å². The summed E-state index contributed by atoms with van der Waals surface area (Å²) < 4.78 is 0. The lowest BCUT2D eigenvalue weighted by Crippen LogP contribution is -2.20. The Hall–Kier alpha value is -1.76. The van der Waals surface area contributed by atoms with Crippen LogP contribution in [0.25, 0.3) is 0 Å². The second kappa shape index (κ2) is 15.3. The molecular formula is C33H52O. The molecule has 0 saturated heterocycles. The summed E-state index contributed by atoms with van der Waals surface area (Å²) in [5.41, 5.74) is 4.86. The lowest BCUT2D eigenvalue weighted by atomic mass is 9.75. The zero-order chi connectivity index (χ0) is 24.8. The van der Waals surface area contributed by atoms with Gasteiger partial charge in [0.25, 0.3) is 0 Å². The summed E-state index contributed by atoms with van der Waals surface area (Å²) in [7, 11) is 0. The molecule has 1 heteroatoms. The molecule has 190 valence electrons. The van der Waals surface area contributed by atoms with E-state index in [-0.39, 0.29) is 5.41 Å². The van der Waals surface area contributed by atoms with Crippen molar-refractivity contribution in [2.24, 2.45) is 0 Å². The van der Waals surface area contributed by atoms with Gasteiger partial charge in [-0.25, -0.2) is 0 Å². The maximum Gasteiger partial charge on any atom is 0.122 e. The minimum absolute atomic E-state index is 0.0818. The molecule has 0 spiro atoms. The molecule has 1 N–H and O–H groups in total. The molecule has 0 aliphatic rings. The first kappa shape index (κ1) is 28.5. The molecular weight excluding hydrogens is 412 g/mol. The van der Waals surface area contributed by atoms with Gasteiger partial charge in [-0.1, -0.05) is 148 Å². The van der Waals surface area contributed by atoms with Gasteiger partial charge in [-0.3, -0.25) is 0 Å². The summed E-state index contributed by atoms with van der Waals surface area (Å²) in [4.78, 5) is 0. The molecule has 0 aliphatic carbocycles. The van der Waals surface area contributed by atoms with Crippen LogP contribution in [-0.4, -0.2) is 5.11 Å². The lowest BCUT2D eigenvalue weighted by Gasteiger charge is -2.29. The van der Waals surface area contributed by atoms with Crippen molar-refractivity contribution in [3.8, 4) is 5.75 Å². The number of aryl methyl sites for hydroxylation is 1. The Balaban J connectivity index is 2.02. The molecule has 1 unspecified atom stereocenters. The molecule has 34 heavy (non-hydrogen) atoms. The van der Waals surface area contributed by atoms with Gasteiger partial charge in [-0.2, -0.15) is 0 Å². The van der Waals surface area contributed by atoms with Crippen LogP contribution in [0, 0.1) is 0 Å². The fraction of sp³-hybridized carbons (Fsp3) is 0.636. The van der Waals surface area contributed by atoms with Crippen molar-refractivity contribution in [1.82, 2.24) is 0 Å². The van der Waals surface area contributed by atoms with E-state index < -0.39 is 0 Å². The van der Waals surface area contributed by atoms with Gasteiger partial charge in [0.2, 0.25) is 0 Å². The number of phenols is 1. The van der Waals surface area contributed by atoms with E-state index in [0.29, 0.717) is 11.7 Å². The van der Waals surface area contributed by atoms with Crippen molar-refractivity contribution in [1.29, 1.82) is 0 Å². The van der Waals surface area contributed by atoms with E-state index in [1.54, 1.807) is 0 Å². The fourth-order valence-corrected chi connectivity index (χ4v) is 5.13. The van der Waals surface area contributed by atoms with Crippen LogP contribution in [-0.2, 0) is 11.8 Å². The maximum absolute atomic E-state index is 11.2. The molecule has 0 bridgehead atoms. The Bertz CT molecular complexity index is 805. The van der Waals surface area contributed by atoms with Crippen LogP contribution in [0.3, 0.4) is 0 Å². The molecule has 0 amide bonds. The normalized spacial score (nSPS) is 12.7. The lowest BCUT2D eigenvalue weighted by molar-refractivity contribution is 0.448. The molecule has 0 saturated carbocycles. The van der Waals surface area contributed by atoms with Crippen molar-refractivity contribution in [2.75, 3.05) is 0 Å². The zero-order valence-electron chi connectivity index (χ0n) is 23.0. The SMILES string of the molecule is CCCCCCCCCCCCC(C)c1cc(C(C)(C)c2ccccc2)cc(CCCC)c1O. The van der Waals surface area contributed by atoms with Gasteiger partial charge < -0.3 is 5.11 Å². The summed E-state index contributed by atoms with van der Waals surface area (Å²) >= 11 is 0. The third kappa shape index (κ3) is 8.79. The molecule has 0 aromatic heterocycles. The minimum Gasteiger partial charge on any atom is -0.507 e.